The quantitative estimate of drug-likeness (QED) is 0.661. The van der Waals surface area contributed by atoms with Gasteiger partial charge in [-0.15, -0.1) is 0 Å². The fraction of sp³-hybridized carbons (Fsp3) is 0.417. The van der Waals surface area contributed by atoms with E-state index in [1.807, 2.05) is 24.3 Å². The van der Waals surface area contributed by atoms with Crippen LogP contribution in [0.25, 0.3) is 0 Å². The van der Waals surface area contributed by atoms with Gasteiger partial charge in [-0.25, -0.2) is 0 Å². The lowest BCUT2D eigenvalue weighted by molar-refractivity contribution is -0.146. The van der Waals surface area contributed by atoms with Crippen LogP contribution in [0.5, 0.6) is 5.75 Å². The van der Waals surface area contributed by atoms with Gasteiger partial charge >= 0.3 is 6.18 Å². The SMILES string of the molecule is COc1ccccc1CCN(C)C(=O)C1CCC(=O)N(C)C1c1ccc(C(F)(F)F)cc1. The average molecular weight is 448 g/mol. The molecule has 0 aliphatic carbocycles. The maximum atomic E-state index is 13.3. The molecule has 1 heterocycles. The van der Waals surface area contributed by atoms with Gasteiger partial charge in [0.05, 0.1) is 24.6 Å². The molecule has 32 heavy (non-hydrogen) atoms. The number of rotatable bonds is 6. The third-order valence-electron chi connectivity index (χ3n) is 6.04. The van der Waals surface area contributed by atoms with Crippen molar-refractivity contribution < 1.29 is 27.5 Å². The van der Waals surface area contributed by atoms with E-state index < -0.39 is 23.7 Å². The highest BCUT2D eigenvalue weighted by Crippen LogP contribution is 2.38. The van der Waals surface area contributed by atoms with Gasteiger partial charge in [0.1, 0.15) is 5.75 Å². The minimum absolute atomic E-state index is 0.129. The van der Waals surface area contributed by atoms with Gasteiger partial charge in [-0.2, -0.15) is 13.2 Å². The predicted molar refractivity (Wildman–Crippen MR) is 114 cm³/mol. The number of alkyl halides is 3. The Morgan fingerprint density at radius 1 is 1.16 bits per heavy atom. The zero-order valence-corrected chi connectivity index (χ0v) is 18.4. The van der Waals surface area contributed by atoms with Crippen LogP contribution in [0.3, 0.4) is 0 Å². The summed E-state index contributed by atoms with van der Waals surface area (Å²) >= 11 is 0. The second-order valence-electron chi connectivity index (χ2n) is 8.04. The molecule has 5 nitrogen and oxygen atoms in total. The number of hydrogen-bond donors (Lipinski definition) is 0. The molecule has 2 aromatic carbocycles. The Hall–Kier alpha value is -3.03. The molecule has 1 aliphatic rings. The van der Waals surface area contributed by atoms with Gasteiger partial charge in [0.15, 0.2) is 0 Å². The van der Waals surface area contributed by atoms with Gasteiger partial charge in [-0.3, -0.25) is 9.59 Å². The van der Waals surface area contributed by atoms with E-state index in [1.54, 1.807) is 26.1 Å². The van der Waals surface area contributed by atoms with Crippen molar-refractivity contribution in [2.45, 2.75) is 31.5 Å². The van der Waals surface area contributed by atoms with E-state index in [0.717, 1.165) is 23.4 Å². The second-order valence-corrected chi connectivity index (χ2v) is 8.04. The number of para-hydroxylation sites is 1. The Labute approximate surface area is 185 Å². The van der Waals surface area contributed by atoms with Crippen molar-refractivity contribution in [2.75, 3.05) is 27.7 Å². The fourth-order valence-corrected chi connectivity index (χ4v) is 4.21. The molecule has 2 amide bonds. The molecule has 2 aromatic rings. The molecule has 2 atom stereocenters. The number of ether oxygens (including phenoxy) is 1. The predicted octanol–water partition coefficient (Wildman–Crippen LogP) is 4.32. The summed E-state index contributed by atoms with van der Waals surface area (Å²) in [7, 11) is 4.90. The van der Waals surface area contributed by atoms with E-state index in [0.29, 0.717) is 24.9 Å². The first-order valence-corrected chi connectivity index (χ1v) is 10.4. The molecule has 3 rings (SSSR count). The molecule has 1 aliphatic heterocycles. The highest BCUT2D eigenvalue weighted by molar-refractivity contribution is 5.84. The van der Waals surface area contributed by atoms with Gasteiger partial charge < -0.3 is 14.5 Å². The summed E-state index contributed by atoms with van der Waals surface area (Å²) in [6.07, 6.45) is -3.27. The first-order chi connectivity index (χ1) is 15.1. The molecule has 0 radical (unpaired) electrons. The summed E-state index contributed by atoms with van der Waals surface area (Å²) in [5.74, 6) is -0.0455. The van der Waals surface area contributed by atoms with Crippen LogP contribution >= 0.6 is 0 Å². The van der Waals surface area contributed by atoms with E-state index in [-0.39, 0.29) is 18.2 Å². The van der Waals surface area contributed by atoms with E-state index in [1.165, 1.54) is 17.0 Å². The average Bonchev–Trinajstić information content (AvgIpc) is 2.78. The second kappa shape index (κ2) is 9.63. The van der Waals surface area contributed by atoms with Gasteiger partial charge in [-0.1, -0.05) is 30.3 Å². The Morgan fingerprint density at radius 3 is 2.44 bits per heavy atom. The van der Waals surface area contributed by atoms with Crippen molar-refractivity contribution in [1.82, 2.24) is 9.80 Å². The van der Waals surface area contributed by atoms with Crippen molar-refractivity contribution in [3.8, 4) is 5.75 Å². The summed E-state index contributed by atoms with van der Waals surface area (Å²) in [6, 6.07) is 11.7. The largest absolute Gasteiger partial charge is 0.496 e. The summed E-state index contributed by atoms with van der Waals surface area (Å²) in [5.41, 5.74) is 0.734. The Morgan fingerprint density at radius 2 is 1.81 bits per heavy atom. The van der Waals surface area contributed by atoms with Gasteiger partial charge in [0.2, 0.25) is 11.8 Å². The summed E-state index contributed by atoms with van der Waals surface area (Å²) in [4.78, 5) is 28.7. The molecule has 1 fully saturated rings. The smallest absolute Gasteiger partial charge is 0.416 e. The monoisotopic (exact) mass is 448 g/mol. The van der Waals surface area contributed by atoms with E-state index in [2.05, 4.69) is 0 Å². The standard InChI is InChI=1S/C24H27F3N2O3/c1-28(15-14-16-6-4-5-7-20(16)32-3)23(31)19-12-13-21(30)29(2)22(19)17-8-10-18(11-9-17)24(25,26)27/h4-11,19,22H,12-15H2,1-3H3. The van der Waals surface area contributed by atoms with E-state index in [4.69, 9.17) is 4.74 Å². The van der Waals surface area contributed by atoms with Crippen LogP contribution in [0.4, 0.5) is 13.2 Å². The molecule has 8 heteroatoms. The number of amides is 2. The zero-order valence-electron chi connectivity index (χ0n) is 18.4. The molecular weight excluding hydrogens is 421 g/mol. The third-order valence-corrected chi connectivity index (χ3v) is 6.04. The highest BCUT2D eigenvalue weighted by atomic mass is 19.4. The van der Waals surface area contributed by atoms with Crippen LogP contribution in [0, 0.1) is 5.92 Å². The Bertz CT molecular complexity index is 960. The number of likely N-dealkylation sites (N-methyl/N-ethyl adjacent to an activating group) is 1. The van der Waals surface area contributed by atoms with Crippen LogP contribution in [0.2, 0.25) is 0 Å². The topological polar surface area (TPSA) is 49.9 Å². The number of piperidine rings is 1. The van der Waals surface area contributed by atoms with Crippen LogP contribution in [-0.2, 0) is 22.2 Å². The lowest BCUT2D eigenvalue weighted by atomic mass is 9.83. The Balaban J connectivity index is 1.78. The number of halogens is 3. The number of likely N-dealkylation sites (tertiary alicyclic amines) is 1. The summed E-state index contributed by atoms with van der Waals surface area (Å²) < 4.78 is 44.2. The number of hydrogen-bond acceptors (Lipinski definition) is 3. The van der Waals surface area contributed by atoms with Gasteiger partial charge in [0, 0.05) is 27.1 Å². The molecule has 0 saturated carbocycles. The van der Waals surface area contributed by atoms with Crippen molar-refractivity contribution in [3.63, 3.8) is 0 Å². The minimum Gasteiger partial charge on any atom is -0.496 e. The molecule has 0 bridgehead atoms. The number of methoxy groups -OCH3 is 1. The maximum absolute atomic E-state index is 13.3. The van der Waals surface area contributed by atoms with Crippen molar-refractivity contribution in [3.05, 3.63) is 65.2 Å². The number of benzene rings is 2. The van der Waals surface area contributed by atoms with Crippen LogP contribution in [0.15, 0.2) is 48.5 Å². The lowest BCUT2D eigenvalue weighted by Gasteiger charge is -2.40. The van der Waals surface area contributed by atoms with Crippen LogP contribution in [-0.4, -0.2) is 49.4 Å². The molecule has 1 saturated heterocycles. The minimum atomic E-state index is -4.44. The van der Waals surface area contributed by atoms with E-state index in [9.17, 15) is 22.8 Å². The first kappa shape index (κ1) is 23.6. The third kappa shape index (κ3) is 5.06. The maximum Gasteiger partial charge on any atom is 0.416 e. The molecule has 0 aromatic heterocycles. The molecule has 2 unspecified atom stereocenters. The van der Waals surface area contributed by atoms with Gasteiger partial charge in [0.25, 0.3) is 0 Å². The summed E-state index contributed by atoms with van der Waals surface area (Å²) in [6.45, 7) is 0.451. The van der Waals surface area contributed by atoms with Crippen LogP contribution in [0.1, 0.15) is 35.6 Å². The zero-order chi connectivity index (χ0) is 23.5. The number of nitrogens with zero attached hydrogens (tertiary/aromatic N) is 2. The summed E-state index contributed by atoms with van der Waals surface area (Å²) in [5, 5.41) is 0. The Kier molecular flexibility index (Phi) is 7.11. The molecule has 0 spiro atoms. The molecule has 172 valence electrons. The first-order valence-electron chi connectivity index (χ1n) is 10.4. The molecule has 0 N–H and O–H groups in total. The molecular formula is C24H27F3N2O3. The van der Waals surface area contributed by atoms with Crippen LogP contribution < -0.4 is 4.74 Å². The van der Waals surface area contributed by atoms with Crippen molar-refractivity contribution in [1.29, 1.82) is 0 Å². The van der Waals surface area contributed by atoms with Crippen molar-refractivity contribution >= 4 is 11.8 Å². The number of carbonyl (C=O) groups excluding carboxylic acids is 2. The lowest BCUT2D eigenvalue weighted by Crippen LogP contribution is -2.47. The highest BCUT2D eigenvalue weighted by Gasteiger charge is 2.40. The van der Waals surface area contributed by atoms with Gasteiger partial charge in [-0.05, 0) is 42.2 Å². The fourth-order valence-electron chi connectivity index (χ4n) is 4.21. The normalized spacial score (nSPS) is 19.1. The number of carbonyl (C=O) groups is 2. The van der Waals surface area contributed by atoms with E-state index >= 15 is 0 Å². The van der Waals surface area contributed by atoms with Crippen molar-refractivity contribution in [2.24, 2.45) is 5.92 Å².